The van der Waals surface area contributed by atoms with E-state index in [4.69, 9.17) is 9.47 Å². The number of methoxy groups -OCH3 is 1. The van der Waals surface area contributed by atoms with Gasteiger partial charge in [-0.2, -0.15) is 12.7 Å². The van der Waals surface area contributed by atoms with E-state index in [9.17, 15) is 13.2 Å². The number of likely N-dealkylation sites (tertiary alicyclic amines) is 1. The lowest BCUT2D eigenvalue weighted by Gasteiger charge is -2.42. The summed E-state index contributed by atoms with van der Waals surface area (Å²) in [5.74, 6) is 0.363. The first-order chi connectivity index (χ1) is 25.6. The summed E-state index contributed by atoms with van der Waals surface area (Å²) in [7, 11) is 4.64. The van der Waals surface area contributed by atoms with Crippen LogP contribution in [-0.4, -0.2) is 130 Å². The fourth-order valence-corrected chi connectivity index (χ4v) is 10.5. The van der Waals surface area contributed by atoms with Gasteiger partial charge in [-0.25, -0.2) is 4.72 Å². The minimum atomic E-state index is -4.01. The molecule has 0 spiro atoms. The van der Waals surface area contributed by atoms with Crippen molar-refractivity contribution in [2.75, 3.05) is 68.0 Å². The van der Waals surface area contributed by atoms with Crippen LogP contribution in [-0.2, 0) is 26.3 Å². The number of rotatable bonds is 9. The Morgan fingerprint density at radius 1 is 0.981 bits per heavy atom. The zero-order valence-electron chi connectivity index (χ0n) is 33.2. The molecule has 3 aliphatic heterocycles. The molecule has 294 valence electrons. The van der Waals surface area contributed by atoms with Crippen LogP contribution < -0.4 is 9.46 Å². The van der Waals surface area contributed by atoms with Crippen LogP contribution >= 0.6 is 0 Å². The molecule has 1 unspecified atom stereocenters. The molecule has 2 aromatic carbocycles. The van der Waals surface area contributed by atoms with E-state index in [2.05, 4.69) is 52.2 Å². The number of hydrogen-bond donors (Lipinski definition) is 1. The zero-order chi connectivity index (χ0) is 38.7. The molecule has 1 saturated carbocycles. The molecule has 7 rings (SSSR count). The quantitative estimate of drug-likeness (QED) is 0.328. The van der Waals surface area contributed by atoms with E-state index in [1.165, 1.54) is 26.1 Å². The number of ether oxygens (including phenoxy) is 2. The van der Waals surface area contributed by atoms with E-state index < -0.39 is 21.5 Å². The molecular weight excluding hydrogens is 705 g/mol. The summed E-state index contributed by atoms with van der Waals surface area (Å²) in [4.78, 5) is 36.0. The molecule has 1 aliphatic carbocycles. The molecule has 54 heavy (non-hydrogen) atoms. The summed E-state index contributed by atoms with van der Waals surface area (Å²) in [6, 6.07) is 12.1. The van der Waals surface area contributed by atoms with Crippen molar-refractivity contribution in [3.8, 4) is 17.0 Å². The first-order valence-corrected chi connectivity index (χ1v) is 21.0. The van der Waals surface area contributed by atoms with Gasteiger partial charge >= 0.3 is 10.2 Å². The second-order valence-electron chi connectivity index (χ2n) is 16.8. The van der Waals surface area contributed by atoms with Gasteiger partial charge in [-0.1, -0.05) is 25.3 Å². The van der Waals surface area contributed by atoms with Crippen molar-refractivity contribution in [1.29, 1.82) is 0 Å². The molecule has 3 fully saturated rings. The van der Waals surface area contributed by atoms with E-state index in [0.29, 0.717) is 38.6 Å². The number of nitrogens with one attached hydrogen (secondary N) is 1. The third-order valence-electron chi connectivity index (χ3n) is 12.4. The molecular formula is C41H58N6O6S. The lowest BCUT2D eigenvalue weighted by atomic mass is 9.72. The molecule has 4 aliphatic rings. The number of hydrogen-bond acceptors (Lipinski definition) is 8. The normalized spacial score (nSPS) is 25.7. The molecule has 0 bridgehead atoms. The Balaban J connectivity index is 1.49. The van der Waals surface area contributed by atoms with Gasteiger partial charge in [0.15, 0.2) is 0 Å². The lowest BCUT2D eigenvalue weighted by Crippen LogP contribution is -2.56. The summed E-state index contributed by atoms with van der Waals surface area (Å²) in [5, 5.41) is 1.05. The van der Waals surface area contributed by atoms with Crippen molar-refractivity contribution in [2.24, 2.45) is 5.41 Å². The minimum absolute atomic E-state index is 0.0868. The number of likely N-dealkylation sites (N-methyl/N-ethyl adjacent to an activating group) is 1. The van der Waals surface area contributed by atoms with Crippen LogP contribution in [0.5, 0.6) is 5.75 Å². The Hall–Kier alpha value is -3.49. The van der Waals surface area contributed by atoms with Crippen LogP contribution in [0.3, 0.4) is 0 Å². The van der Waals surface area contributed by atoms with Crippen LogP contribution in [0.1, 0.15) is 86.2 Å². The number of benzene rings is 2. The van der Waals surface area contributed by atoms with E-state index in [1.807, 2.05) is 36.9 Å². The summed E-state index contributed by atoms with van der Waals surface area (Å²) < 4.78 is 43.1. The number of amides is 2. The molecule has 1 aromatic heterocycles. The number of fused-ring (bicyclic) bond motifs is 7. The van der Waals surface area contributed by atoms with Gasteiger partial charge in [0.2, 0.25) is 5.91 Å². The van der Waals surface area contributed by atoms with Gasteiger partial charge < -0.3 is 23.8 Å². The fraction of sp³-hybridized carbons (Fsp3) is 0.610. The third-order valence-corrected chi connectivity index (χ3v) is 13.8. The average molecular weight is 763 g/mol. The van der Waals surface area contributed by atoms with Gasteiger partial charge in [0.25, 0.3) is 5.91 Å². The van der Waals surface area contributed by atoms with Crippen LogP contribution in [0.2, 0.25) is 0 Å². The van der Waals surface area contributed by atoms with Gasteiger partial charge in [0.05, 0.1) is 30.4 Å². The van der Waals surface area contributed by atoms with Gasteiger partial charge in [0.1, 0.15) is 5.75 Å². The first kappa shape index (κ1) is 38.8. The molecule has 2 amide bonds. The topological polar surface area (TPSA) is 117 Å². The Morgan fingerprint density at radius 2 is 1.69 bits per heavy atom. The SMILES string of the molecule is COc1ccc2c(c1)[C@H]1CN(C(C)CN(C)C)C[C@@]1(C(=O)N1C[C@@H](C)O[C@@H](C)C1)Cn1c-2c(C2CCCCC2)c2ccc(C(=O)NS(=O)(=O)N(C)C)cc21. The van der Waals surface area contributed by atoms with Crippen molar-refractivity contribution in [1.82, 2.24) is 28.3 Å². The molecule has 4 heterocycles. The Kier molecular flexibility index (Phi) is 10.7. The fourth-order valence-electron chi connectivity index (χ4n) is 9.92. The van der Waals surface area contributed by atoms with Gasteiger partial charge in [-0.15, -0.1) is 0 Å². The van der Waals surface area contributed by atoms with E-state index in [1.54, 1.807) is 13.2 Å². The van der Waals surface area contributed by atoms with Crippen molar-refractivity contribution in [2.45, 2.75) is 89.5 Å². The Labute approximate surface area is 320 Å². The van der Waals surface area contributed by atoms with Crippen LogP contribution in [0.4, 0.5) is 0 Å². The highest BCUT2D eigenvalue weighted by molar-refractivity contribution is 7.87. The summed E-state index contributed by atoms with van der Waals surface area (Å²) in [5.41, 5.74) is 4.82. The second kappa shape index (κ2) is 14.9. The standard InChI is InChI=1S/C41H58N6O6S/c1-26(20-43(4)5)46-23-35-34-19-31(52-8)15-17-32(34)38-37(29-12-10-9-11-13-29)33-16-14-30(39(48)42-54(50,51)44(6)7)18-36(33)47(38)25-41(35,24-46)40(49)45-21-27(2)53-28(3)22-45/h14-19,26-29,35H,9-13,20-25H2,1-8H3,(H,42,48)/t26?,27-,28+,35-,41-/m1/s1. The Morgan fingerprint density at radius 3 is 2.33 bits per heavy atom. The summed E-state index contributed by atoms with van der Waals surface area (Å²) in [6.45, 7) is 9.92. The van der Waals surface area contributed by atoms with Crippen molar-refractivity contribution in [3.63, 3.8) is 0 Å². The monoisotopic (exact) mass is 762 g/mol. The molecule has 5 atom stereocenters. The van der Waals surface area contributed by atoms with Crippen LogP contribution in [0.25, 0.3) is 22.2 Å². The molecule has 0 radical (unpaired) electrons. The first-order valence-electron chi connectivity index (χ1n) is 19.6. The highest BCUT2D eigenvalue weighted by atomic mass is 32.2. The predicted octanol–water partition coefficient (Wildman–Crippen LogP) is 4.89. The van der Waals surface area contributed by atoms with Crippen molar-refractivity contribution < 1.29 is 27.5 Å². The van der Waals surface area contributed by atoms with E-state index >= 15 is 4.79 Å². The van der Waals surface area contributed by atoms with Crippen molar-refractivity contribution >= 4 is 32.9 Å². The highest BCUT2D eigenvalue weighted by Gasteiger charge is 2.57. The van der Waals surface area contributed by atoms with Crippen LogP contribution in [0, 0.1) is 5.41 Å². The number of carbonyl (C=O) groups is 2. The van der Waals surface area contributed by atoms with E-state index in [0.717, 1.165) is 70.0 Å². The maximum Gasteiger partial charge on any atom is 0.303 e. The third kappa shape index (κ3) is 6.95. The van der Waals surface area contributed by atoms with Gasteiger partial charge in [-0.3, -0.25) is 14.5 Å². The molecule has 13 heteroatoms. The lowest BCUT2D eigenvalue weighted by molar-refractivity contribution is -0.155. The number of aromatic nitrogens is 1. The minimum Gasteiger partial charge on any atom is -0.497 e. The maximum absolute atomic E-state index is 15.7. The van der Waals surface area contributed by atoms with Crippen molar-refractivity contribution in [3.05, 3.63) is 53.1 Å². The Bertz CT molecular complexity index is 2010. The molecule has 3 aromatic rings. The zero-order valence-corrected chi connectivity index (χ0v) is 34.0. The second-order valence-corrected chi connectivity index (χ2v) is 18.7. The van der Waals surface area contributed by atoms with E-state index in [-0.39, 0.29) is 35.6 Å². The highest BCUT2D eigenvalue weighted by Crippen LogP contribution is 2.56. The summed E-state index contributed by atoms with van der Waals surface area (Å²) in [6.07, 6.45) is 5.45. The summed E-state index contributed by atoms with van der Waals surface area (Å²) >= 11 is 0. The number of carbonyl (C=O) groups excluding carboxylic acids is 2. The van der Waals surface area contributed by atoms with Crippen LogP contribution in [0.15, 0.2) is 36.4 Å². The number of nitrogens with zero attached hydrogens (tertiary/aromatic N) is 5. The maximum atomic E-state index is 15.7. The molecule has 2 saturated heterocycles. The molecule has 12 nitrogen and oxygen atoms in total. The average Bonchev–Trinajstić information content (AvgIpc) is 3.63. The van der Waals surface area contributed by atoms with Gasteiger partial charge in [-0.05, 0) is 95.1 Å². The smallest absolute Gasteiger partial charge is 0.303 e. The molecule has 1 N–H and O–H groups in total. The predicted molar refractivity (Wildman–Crippen MR) is 211 cm³/mol. The van der Waals surface area contributed by atoms with Gasteiger partial charge in [0, 0.05) is 87.4 Å². The largest absolute Gasteiger partial charge is 0.497 e. The number of morpholine rings is 1.